The van der Waals surface area contributed by atoms with Gasteiger partial charge in [0.1, 0.15) is 16.5 Å². The number of nitrogens with one attached hydrogen (secondary N) is 2. The average Bonchev–Trinajstić information content (AvgIpc) is 3.07. The van der Waals surface area contributed by atoms with Gasteiger partial charge in [-0.1, -0.05) is 65.7 Å². The largest absolute Gasteiger partial charge is 0.495 e. The summed E-state index contributed by atoms with van der Waals surface area (Å²) >= 11 is 12.3. The fraction of sp³-hybridized carbons (Fsp3) is 0.115. The molecule has 7 nitrogen and oxygen atoms in total. The number of amides is 3. The van der Waals surface area contributed by atoms with Crippen LogP contribution in [0.25, 0.3) is 0 Å². The topological polar surface area (TPSA) is 87.7 Å². The summed E-state index contributed by atoms with van der Waals surface area (Å²) in [5.41, 5.74) is 2.49. The maximum atomic E-state index is 12.8. The third-order valence-electron chi connectivity index (χ3n) is 5.44. The summed E-state index contributed by atoms with van der Waals surface area (Å²) in [5.74, 6) is -0.826. The Kier molecular flexibility index (Phi) is 7.39. The van der Waals surface area contributed by atoms with Gasteiger partial charge in [0.15, 0.2) is 0 Å². The van der Waals surface area contributed by atoms with Gasteiger partial charge in [-0.2, -0.15) is 0 Å². The van der Waals surface area contributed by atoms with Crippen molar-refractivity contribution in [3.05, 3.63) is 105 Å². The minimum Gasteiger partial charge on any atom is -0.495 e. The number of nitrogens with zero attached hydrogens (tertiary/aromatic N) is 1. The van der Waals surface area contributed by atoms with Crippen molar-refractivity contribution < 1.29 is 19.1 Å². The molecule has 178 valence electrons. The van der Waals surface area contributed by atoms with Crippen LogP contribution >= 0.6 is 23.2 Å². The third kappa shape index (κ3) is 5.31. The van der Waals surface area contributed by atoms with Gasteiger partial charge in [-0.3, -0.25) is 19.3 Å². The number of hydrogen-bond donors (Lipinski definition) is 2. The monoisotopic (exact) mass is 509 g/mol. The molecule has 0 radical (unpaired) electrons. The first-order valence-corrected chi connectivity index (χ1v) is 11.4. The fourth-order valence-electron chi connectivity index (χ4n) is 3.55. The maximum Gasteiger partial charge on any atom is 0.278 e. The number of rotatable bonds is 8. The molecule has 0 atom stereocenters. The lowest BCUT2D eigenvalue weighted by atomic mass is 10.1. The van der Waals surface area contributed by atoms with E-state index >= 15 is 0 Å². The highest BCUT2D eigenvalue weighted by Crippen LogP contribution is 2.27. The first kappa shape index (κ1) is 24.3. The van der Waals surface area contributed by atoms with Crippen molar-refractivity contribution in [3.63, 3.8) is 0 Å². The van der Waals surface area contributed by atoms with E-state index in [0.717, 1.165) is 10.5 Å². The van der Waals surface area contributed by atoms with Crippen molar-refractivity contribution in [2.24, 2.45) is 0 Å². The summed E-state index contributed by atoms with van der Waals surface area (Å²) in [6.45, 7) is 0.258. The number of halogens is 2. The Morgan fingerprint density at radius 3 is 2.31 bits per heavy atom. The summed E-state index contributed by atoms with van der Waals surface area (Å²) in [6.07, 6.45) is 0. The standard InChI is InChI=1S/C26H21Cl2N3O4/c1-35-21-9-5-4-8-20(21)30-24(32)17-12-10-16(11-13-17)14-29-23-22(28)25(33)31(26(23)34)15-18-6-2-3-7-19(18)27/h2-13,29H,14-15H2,1H3,(H,30,32). The molecule has 0 saturated heterocycles. The van der Waals surface area contributed by atoms with Crippen LogP contribution in [0.3, 0.4) is 0 Å². The Morgan fingerprint density at radius 1 is 0.914 bits per heavy atom. The van der Waals surface area contributed by atoms with E-state index in [2.05, 4.69) is 10.6 Å². The van der Waals surface area contributed by atoms with Crippen LogP contribution in [0.15, 0.2) is 83.5 Å². The molecule has 9 heteroatoms. The van der Waals surface area contributed by atoms with Crippen LogP contribution < -0.4 is 15.4 Å². The van der Waals surface area contributed by atoms with Gasteiger partial charge in [0.05, 0.1) is 19.3 Å². The van der Waals surface area contributed by atoms with Crippen LogP contribution in [0.2, 0.25) is 5.02 Å². The molecule has 3 aromatic carbocycles. The van der Waals surface area contributed by atoms with Gasteiger partial charge in [0.2, 0.25) is 0 Å². The lowest BCUT2D eigenvalue weighted by Crippen LogP contribution is -2.33. The molecular weight excluding hydrogens is 489 g/mol. The molecule has 0 aromatic heterocycles. The SMILES string of the molecule is COc1ccccc1NC(=O)c1ccc(CNC2=C(Cl)C(=O)N(Cc3ccccc3Cl)C2=O)cc1. The number of methoxy groups -OCH3 is 1. The van der Waals surface area contributed by atoms with Crippen LogP contribution in [0, 0.1) is 0 Å². The Bertz CT molecular complexity index is 1320. The van der Waals surface area contributed by atoms with Gasteiger partial charge in [-0.25, -0.2) is 0 Å². The van der Waals surface area contributed by atoms with E-state index in [4.69, 9.17) is 27.9 Å². The molecule has 1 aliphatic heterocycles. The Morgan fingerprint density at radius 2 is 1.60 bits per heavy atom. The van der Waals surface area contributed by atoms with E-state index in [1.165, 1.54) is 7.11 Å². The molecular formula is C26H21Cl2N3O4. The summed E-state index contributed by atoms with van der Waals surface area (Å²) in [4.78, 5) is 39.0. The summed E-state index contributed by atoms with van der Waals surface area (Å²) < 4.78 is 5.25. The number of anilines is 1. The van der Waals surface area contributed by atoms with Gasteiger partial charge in [-0.15, -0.1) is 0 Å². The number of carbonyl (C=O) groups excluding carboxylic acids is 3. The summed E-state index contributed by atoms with van der Waals surface area (Å²) in [5, 5.41) is 6.05. The highest BCUT2D eigenvalue weighted by Gasteiger charge is 2.37. The van der Waals surface area contributed by atoms with Gasteiger partial charge in [0, 0.05) is 17.1 Å². The molecule has 0 spiro atoms. The van der Waals surface area contributed by atoms with Gasteiger partial charge in [-0.05, 0) is 41.5 Å². The van der Waals surface area contributed by atoms with Crippen LogP contribution in [-0.2, 0) is 22.7 Å². The third-order valence-corrected chi connectivity index (χ3v) is 6.16. The predicted octanol–water partition coefficient (Wildman–Crippen LogP) is 4.71. The Labute approximate surface area is 212 Å². The summed E-state index contributed by atoms with van der Waals surface area (Å²) in [7, 11) is 1.53. The fourth-order valence-corrected chi connectivity index (χ4v) is 3.99. The van der Waals surface area contributed by atoms with Crippen LogP contribution in [0.4, 0.5) is 5.69 Å². The first-order valence-electron chi connectivity index (χ1n) is 10.7. The van der Waals surface area contributed by atoms with Gasteiger partial charge in [0.25, 0.3) is 17.7 Å². The molecule has 1 aliphatic rings. The molecule has 0 saturated carbocycles. The summed E-state index contributed by atoms with van der Waals surface area (Å²) in [6, 6.07) is 21.0. The average molecular weight is 510 g/mol. The highest BCUT2D eigenvalue weighted by molar-refractivity contribution is 6.47. The van der Waals surface area contributed by atoms with E-state index in [1.807, 2.05) is 6.07 Å². The number of benzene rings is 3. The Hall–Kier alpha value is -3.81. The maximum absolute atomic E-state index is 12.8. The second-order valence-electron chi connectivity index (χ2n) is 7.68. The minimum atomic E-state index is -0.581. The lowest BCUT2D eigenvalue weighted by Gasteiger charge is -2.16. The van der Waals surface area contributed by atoms with Crippen molar-refractivity contribution in [1.82, 2.24) is 10.2 Å². The van der Waals surface area contributed by atoms with Crippen LogP contribution in [0.5, 0.6) is 5.75 Å². The van der Waals surface area contributed by atoms with Crippen molar-refractivity contribution in [3.8, 4) is 5.75 Å². The van der Waals surface area contributed by atoms with Crippen molar-refractivity contribution >= 4 is 46.6 Å². The Balaban J connectivity index is 1.38. The molecule has 0 bridgehead atoms. The zero-order chi connectivity index (χ0) is 24.9. The van der Waals surface area contributed by atoms with Gasteiger partial charge < -0.3 is 15.4 Å². The van der Waals surface area contributed by atoms with Crippen LogP contribution in [0.1, 0.15) is 21.5 Å². The van der Waals surface area contributed by atoms with E-state index in [-0.39, 0.29) is 29.7 Å². The molecule has 0 unspecified atom stereocenters. The van der Waals surface area contributed by atoms with E-state index < -0.39 is 11.8 Å². The molecule has 2 N–H and O–H groups in total. The van der Waals surface area contributed by atoms with Crippen molar-refractivity contribution in [2.45, 2.75) is 13.1 Å². The van der Waals surface area contributed by atoms with Crippen molar-refractivity contribution in [1.29, 1.82) is 0 Å². The van der Waals surface area contributed by atoms with E-state index in [0.29, 0.717) is 27.6 Å². The number of para-hydroxylation sites is 2. The predicted molar refractivity (Wildman–Crippen MR) is 134 cm³/mol. The zero-order valence-corrected chi connectivity index (χ0v) is 20.2. The smallest absolute Gasteiger partial charge is 0.278 e. The number of imide groups is 1. The minimum absolute atomic E-state index is 0.0226. The highest BCUT2D eigenvalue weighted by atomic mass is 35.5. The molecule has 3 aromatic rings. The van der Waals surface area contributed by atoms with Crippen molar-refractivity contribution in [2.75, 3.05) is 12.4 Å². The molecule has 35 heavy (non-hydrogen) atoms. The lowest BCUT2D eigenvalue weighted by molar-refractivity contribution is -0.138. The number of carbonyl (C=O) groups is 3. The normalized spacial score (nSPS) is 13.3. The second-order valence-corrected chi connectivity index (χ2v) is 8.47. The van der Waals surface area contributed by atoms with Crippen LogP contribution in [-0.4, -0.2) is 29.7 Å². The molecule has 1 heterocycles. The second kappa shape index (κ2) is 10.6. The molecule has 0 fully saturated rings. The zero-order valence-electron chi connectivity index (χ0n) is 18.7. The molecule has 4 rings (SSSR count). The van der Waals surface area contributed by atoms with Gasteiger partial charge >= 0.3 is 0 Å². The van der Waals surface area contributed by atoms with E-state index in [1.54, 1.807) is 66.7 Å². The first-order chi connectivity index (χ1) is 16.9. The number of hydrogen-bond acceptors (Lipinski definition) is 5. The molecule has 0 aliphatic carbocycles. The quantitative estimate of drug-likeness (QED) is 0.429. The van der Waals surface area contributed by atoms with E-state index in [9.17, 15) is 14.4 Å². The molecule has 3 amide bonds. The number of ether oxygens (including phenoxy) is 1.